The van der Waals surface area contributed by atoms with Gasteiger partial charge >= 0.3 is 12.3 Å². The van der Waals surface area contributed by atoms with Crippen LogP contribution in [0.3, 0.4) is 0 Å². The molecule has 3 aromatic rings. The molecule has 0 N–H and O–H groups in total. The Hall–Kier alpha value is -3.08. The average Bonchev–Trinajstić information content (AvgIpc) is 3.18. The molecular formula is C23H25F2N3O5S. The molecule has 3 heterocycles. The molecule has 182 valence electrons. The van der Waals surface area contributed by atoms with Crippen LogP contribution in [0.2, 0.25) is 0 Å². The second kappa shape index (κ2) is 8.61. The Morgan fingerprint density at radius 1 is 1.26 bits per heavy atom. The zero-order valence-corrected chi connectivity index (χ0v) is 19.8. The molecule has 11 heteroatoms. The van der Waals surface area contributed by atoms with E-state index in [4.69, 9.17) is 0 Å². The summed E-state index contributed by atoms with van der Waals surface area (Å²) in [5.41, 5.74) is 0.168. The van der Waals surface area contributed by atoms with E-state index >= 15 is 0 Å². The second-order valence-electron chi connectivity index (χ2n) is 9.28. The van der Waals surface area contributed by atoms with E-state index in [1.165, 1.54) is 33.5 Å². The topological polar surface area (TPSA) is 100 Å². The van der Waals surface area contributed by atoms with Crippen molar-refractivity contribution in [3.05, 3.63) is 52.6 Å². The summed E-state index contributed by atoms with van der Waals surface area (Å²) in [6.07, 6.45) is 1.83. The highest BCUT2D eigenvalue weighted by molar-refractivity contribution is 7.91. The van der Waals surface area contributed by atoms with Crippen LogP contribution in [0.5, 0.6) is 5.75 Å². The highest BCUT2D eigenvalue weighted by atomic mass is 32.2. The standard InChI is InChI=1S/C23H25F2N3O5S/c1-14(2)27-18-9-15(19(29)11-23(3)7-8-34(31,32)13-23)12-26-20(18)28(22(27)30)16-5-4-6-17(10-16)33-21(24)25/h4-6,9-10,12,14,21H,7-8,11,13H2,1-3H3/t23-/m1/s1. The van der Waals surface area contributed by atoms with E-state index in [0.29, 0.717) is 17.6 Å². The number of Topliss-reactive ketones (excluding diaryl/α,β-unsaturated/α-hetero) is 1. The van der Waals surface area contributed by atoms with Gasteiger partial charge in [0.05, 0.1) is 22.7 Å². The zero-order valence-electron chi connectivity index (χ0n) is 19.0. The number of hydrogen-bond acceptors (Lipinski definition) is 6. The van der Waals surface area contributed by atoms with Crippen molar-refractivity contribution >= 4 is 26.8 Å². The molecule has 1 atom stereocenters. The first-order valence-electron chi connectivity index (χ1n) is 10.8. The second-order valence-corrected chi connectivity index (χ2v) is 11.5. The summed E-state index contributed by atoms with van der Waals surface area (Å²) >= 11 is 0. The maximum Gasteiger partial charge on any atom is 0.387 e. The van der Waals surface area contributed by atoms with Crippen molar-refractivity contribution in [2.75, 3.05) is 11.5 Å². The molecule has 1 aromatic carbocycles. The van der Waals surface area contributed by atoms with Gasteiger partial charge in [-0.05, 0) is 43.9 Å². The number of aromatic nitrogens is 3. The van der Waals surface area contributed by atoms with Gasteiger partial charge in [0.1, 0.15) is 5.75 Å². The monoisotopic (exact) mass is 493 g/mol. The largest absolute Gasteiger partial charge is 0.435 e. The van der Waals surface area contributed by atoms with Gasteiger partial charge in [-0.1, -0.05) is 13.0 Å². The summed E-state index contributed by atoms with van der Waals surface area (Å²) < 4.78 is 56.3. The minimum atomic E-state index is -3.15. The quantitative estimate of drug-likeness (QED) is 0.465. The molecule has 1 aliphatic heterocycles. The fourth-order valence-corrected chi connectivity index (χ4v) is 6.74. The van der Waals surface area contributed by atoms with Crippen molar-refractivity contribution < 1.29 is 26.7 Å². The Morgan fingerprint density at radius 2 is 2.00 bits per heavy atom. The van der Waals surface area contributed by atoms with Gasteiger partial charge in [0.15, 0.2) is 21.3 Å². The number of carbonyl (C=O) groups excluding carboxylic acids is 1. The van der Waals surface area contributed by atoms with Gasteiger partial charge in [-0.2, -0.15) is 8.78 Å². The number of halogens is 2. The number of pyridine rings is 1. The average molecular weight is 494 g/mol. The van der Waals surface area contributed by atoms with Gasteiger partial charge in [-0.25, -0.2) is 22.8 Å². The summed E-state index contributed by atoms with van der Waals surface area (Å²) in [6.45, 7) is 2.39. The molecular weight excluding hydrogens is 468 g/mol. The van der Waals surface area contributed by atoms with Gasteiger partial charge in [-0.3, -0.25) is 9.36 Å². The van der Waals surface area contributed by atoms with E-state index < -0.39 is 27.6 Å². The van der Waals surface area contributed by atoms with Crippen molar-refractivity contribution in [3.8, 4) is 11.4 Å². The van der Waals surface area contributed by atoms with Crippen molar-refractivity contribution in [2.45, 2.75) is 46.3 Å². The molecule has 1 fully saturated rings. The number of rotatable bonds is 7. The number of sulfone groups is 1. The maximum atomic E-state index is 13.3. The molecule has 1 aliphatic rings. The molecule has 0 aliphatic carbocycles. The van der Waals surface area contributed by atoms with Gasteiger partial charge in [0.25, 0.3) is 0 Å². The van der Waals surface area contributed by atoms with E-state index in [-0.39, 0.29) is 46.7 Å². The first-order chi connectivity index (χ1) is 15.9. The van der Waals surface area contributed by atoms with Crippen LogP contribution in [0.25, 0.3) is 16.9 Å². The van der Waals surface area contributed by atoms with Crippen LogP contribution in [0.1, 0.15) is 50.0 Å². The predicted molar refractivity (Wildman–Crippen MR) is 123 cm³/mol. The number of hydrogen-bond donors (Lipinski definition) is 0. The highest BCUT2D eigenvalue weighted by Gasteiger charge is 2.40. The zero-order chi connectivity index (χ0) is 24.8. The molecule has 34 heavy (non-hydrogen) atoms. The maximum absolute atomic E-state index is 13.3. The predicted octanol–water partition coefficient (Wildman–Crippen LogP) is 3.77. The fraction of sp³-hybridized carbons (Fsp3) is 0.435. The molecule has 0 saturated carbocycles. The van der Waals surface area contributed by atoms with Crippen LogP contribution in [0.4, 0.5) is 8.78 Å². The smallest absolute Gasteiger partial charge is 0.387 e. The Balaban J connectivity index is 1.77. The molecule has 0 bridgehead atoms. The van der Waals surface area contributed by atoms with Crippen LogP contribution in [-0.2, 0) is 9.84 Å². The first-order valence-corrected chi connectivity index (χ1v) is 12.6. The van der Waals surface area contributed by atoms with Crippen LogP contribution in [0.15, 0.2) is 41.3 Å². The third kappa shape index (κ3) is 4.61. The van der Waals surface area contributed by atoms with E-state index in [1.807, 2.05) is 0 Å². The minimum absolute atomic E-state index is 0.0362. The lowest BCUT2D eigenvalue weighted by atomic mass is 9.83. The molecule has 0 unspecified atom stereocenters. The van der Waals surface area contributed by atoms with Crippen molar-refractivity contribution in [3.63, 3.8) is 0 Å². The van der Waals surface area contributed by atoms with Gasteiger partial charge in [0, 0.05) is 30.3 Å². The van der Waals surface area contributed by atoms with E-state index in [0.717, 1.165) is 0 Å². The van der Waals surface area contributed by atoms with Crippen LogP contribution in [0, 0.1) is 5.41 Å². The van der Waals surface area contributed by atoms with Crippen molar-refractivity contribution in [2.24, 2.45) is 5.41 Å². The lowest BCUT2D eigenvalue weighted by Gasteiger charge is -2.20. The van der Waals surface area contributed by atoms with E-state index in [1.54, 1.807) is 32.9 Å². The molecule has 8 nitrogen and oxygen atoms in total. The summed E-state index contributed by atoms with van der Waals surface area (Å²) in [5, 5.41) is 0. The number of ether oxygens (including phenoxy) is 1. The normalized spacial score (nSPS) is 19.9. The number of alkyl halides is 2. The summed E-state index contributed by atoms with van der Waals surface area (Å²) in [5.74, 6) is -0.322. The highest BCUT2D eigenvalue weighted by Crippen LogP contribution is 2.36. The molecule has 0 spiro atoms. The van der Waals surface area contributed by atoms with Crippen molar-refractivity contribution in [1.29, 1.82) is 0 Å². The van der Waals surface area contributed by atoms with Gasteiger partial charge < -0.3 is 4.74 Å². The number of fused-ring (bicyclic) bond motifs is 1. The Bertz CT molecular complexity index is 1430. The number of nitrogens with zero attached hydrogens (tertiary/aromatic N) is 3. The van der Waals surface area contributed by atoms with Gasteiger partial charge in [-0.15, -0.1) is 0 Å². The molecule has 2 aromatic heterocycles. The Kier molecular flexibility index (Phi) is 6.09. The molecule has 0 radical (unpaired) electrons. The van der Waals surface area contributed by atoms with Crippen LogP contribution >= 0.6 is 0 Å². The van der Waals surface area contributed by atoms with Gasteiger partial charge in [0.2, 0.25) is 0 Å². The van der Waals surface area contributed by atoms with Crippen molar-refractivity contribution in [1.82, 2.24) is 14.1 Å². The fourth-order valence-electron chi connectivity index (χ4n) is 4.49. The number of carbonyl (C=O) groups is 1. The first kappa shape index (κ1) is 24.1. The van der Waals surface area contributed by atoms with E-state index in [9.17, 15) is 26.8 Å². The summed E-state index contributed by atoms with van der Waals surface area (Å²) in [4.78, 5) is 30.7. The molecule has 1 saturated heterocycles. The third-order valence-corrected chi connectivity index (χ3v) is 7.99. The summed E-state index contributed by atoms with van der Waals surface area (Å²) in [7, 11) is -3.15. The molecule has 0 amide bonds. The lowest BCUT2D eigenvalue weighted by Crippen LogP contribution is -2.24. The van der Waals surface area contributed by atoms with Crippen LogP contribution in [-0.4, -0.2) is 46.4 Å². The van der Waals surface area contributed by atoms with E-state index in [2.05, 4.69) is 9.72 Å². The summed E-state index contributed by atoms with van der Waals surface area (Å²) in [6, 6.07) is 7.05. The Morgan fingerprint density at radius 3 is 2.62 bits per heavy atom. The SMILES string of the molecule is CC(C)n1c(=O)n(-c2cccc(OC(F)F)c2)c2ncc(C(=O)C[C@@]3(C)CCS(=O)(=O)C3)cc21. The number of benzene rings is 1. The number of imidazole rings is 1. The number of ketones is 1. The minimum Gasteiger partial charge on any atom is -0.435 e. The van der Waals surface area contributed by atoms with Crippen LogP contribution < -0.4 is 10.4 Å². The Labute approximate surface area is 195 Å². The lowest BCUT2D eigenvalue weighted by molar-refractivity contribution is -0.0498. The molecule has 4 rings (SSSR count). The third-order valence-electron chi connectivity index (χ3n) is 6.03.